The van der Waals surface area contributed by atoms with E-state index in [2.05, 4.69) is 11.4 Å². The number of esters is 1. The summed E-state index contributed by atoms with van der Waals surface area (Å²) in [6.07, 6.45) is 0. The first-order chi connectivity index (χ1) is 20.0. The summed E-state index contributed by atoms with van der Waals surface area (Å²) in [5, 5.41) is 13.2. The number of ether oxygens (including phenoxy) is 2. The molecule has 0 saturated carbocycles. The van der Waals surface area contributed by atoms with E-state index in [9.17, 15) is 14.9 Å². The van der Waals surface area contributed by atoms with Gasteiger partial charge in [-0.15, -0.1) is 0 Å². The first-order valence-corrected chi connectivity index (χ1v) is 13.0. The third kappa shape index (κ3) is 6.47. The molecule has 0 unspecified atom stereocenters. The number of benzene rings is 4. The molecule has 1 aromatic heterocycles. The monoisotopic (exact) mass is 562 g/mol. The highest BCUT2D eigenvalue weighted by molar-refractivity contribution is 6.30. The molecule has 202 valence electrons. The molecule has 1 heterocycles. The van der Waals surface area contributed by atoms with Gasteiger partial charge >= 0.3 is 5.97 Å². The van der Waals surface area contributed by atoms with Crippen LogP contribution >= 0.6 is 11.6 Å². The van der Waals surface area contributed by atoms with E-state index in [0.29, 0.717) is 22.1 Å². The molecule has 7 nitrogen and oxygen atoms in total. The number of carbonyl (C=O) groups excluding carboxylic acids is 2. The van der Waals surface area contributed by atoms with Gasteiger partial charge in [-0.1, -0.05) is 96.5 Å². The van der Waals surface area contributed by atoms with E-state index in [1.54, 1.807) is 36.4 Å². The van der Waals surface area contributed by atoms with Crippen molar-refractivity contribution in [2.75, 3.05) is 11.9 Å². The Labute approximate surface area is 241 Å². The van der Waals surface area contributed by atoms with Crippen LogP contribution in [0.2, 0.25) is 5.02 Å². The van der Waals surface area contributed by atoms with Crippen molar-refractivity contribution in [1.82, 2.24) is 0 Å². The Morgan fingerprint density at radius 1 is 0.829 bits per heavy atom. The Morgan fingerprint density at radius 3 is 2.15 bits per heavy atom. The Bertz CT molecular complexity index is 1710. The van der Waals surface area contributed by atoms with E-state index in [0.717, 1.165) is 16.7 Å². The number of halogens is 1. The lowest BCUT2D eigenvalue weighted by atomic mass is 9.98. The molecular formula is C33H23ClN2O5. The Hall–Kier alpha value is -5.32. The van der Waals surface area contributed by atoms with Crippen molar-refractivity contribution in [3.05, 3.63) is 131 Å². The second-order valence-corrected chi connectivity index (χ2v) is 9.33. The molecule has 0 aliphatic carbocycles. The Morgan fingerprint density at radius 2 is 1.46 bits per heavy atom. The number of furan rings is 1. The van der Waals surface area contributed by atoms with E-state index >= 15 is 0 Å². The topological polar surface area (TPSA) is 102 Å². The zero-order chi connectivity index (χ0) is 28.6. The van der Waals surface area contributed by atoms with Gasteiger partial charge in [-0.25, -0.2) is 4.79 Å². The number of amides is 1. The first-order valence-electron chi connectivity index (χ1n) is 12.6. The highest BCUT2D eigenvalue weighted by Gasteiger charge is 2.25. The van der Waals surface area contributed by atoms with Gasteiger partial charge in [-0.2, -0.15) is 5.26 Å². The summed E-state index contributed by atoms with van der Waals surface area (Å²) in [5.74, 6) is -0.680. The molecule has 0 aliphatic heterocycles. The molecule has 0 saturated heterocycles. The van der Waals surface area contributed by atoms with Crippen molar-refractivity contribution in [3.8, 4) is 34.3 Å². The predicted molar refractivity (Wildman–Crippen MR) is 155 cm³/mol. The molecule has 0 bridgehead atoms. The van der Waals surface area contributed by atoms with Crippen LogP contribution in [-0.4, -0.2) is 18.5 Å². The number of carbonyl (C=O) groups is 2. The van der Waals surface area contributed by atoms with Gasteiger partial charge in [0, 0.05) is 16.1 Å². The number of anilines is 1. The van der Waals surface area contributed by atoms with Crippen molar-refractivity contribution >= 4 is 29.4 Å². The molecule has 0 spiro atoms. The molecule has 4 aromatic carbocycles. The van der Waals surface area contributed by atoms with Gasteiger partial charge in [0.05, 0.1) is 0 Å². The summed E-state index contributed by atoms with van der Waals surface area (Å²) in [7, 11) is 0. The lowest BCUT2D eigenvalue weighted by Crippen LogP contribution is -2.21. The molecule has 0 atom stereocenters. The van der Waals surface area contributed by atoms with Gasteiger partial charge in [0.15, 0.2) is 6.61 Å². The molecule has 0 radical (unpaired) electrons. The van der Waals surface area contributed by atoms with Gasteiger partial charge in [0.2, 0.25) is 5.88 Å². The fourth-order valence-electron chi connectivity index (χ4n) is 4.17. The van der Waals surface area contributed by atoms with Gasteiger partial charge in [0.25, 0.3) is 5.91 Å². The van der Waals surface area contributed by atoms with E-state index in [1.165, 1.54) is 0 Å². The van der Waals surface area contributed by atoms with Crippen LogP contribution in [0.1, 0.15) is 21.5 Å². The minimum atomic E-state index is -0.734. The summed E-state index contributed by atoms with van der Waals surface area (Å²) in [6.45, 7) is -0.387. The fraction of sp³-hybridized carbons (Fsp3) is 0.0606. The maximum absolute atomic E-state index is 12.9. The van der Waals surface area contributed by atoms with Crippen LogP contribution in [0.4, 0.5) is 5.88 Å². The lowest BCUT2D eigenvalue weighted by molar-refractivity contribution is -0.119. The quantitative estimate of drug-likeness (QED) is 0.186. The zero-order valence-corrected chi connectivity index (χ0v) is 22.4. The Balaban J connectivity index is 1.30. The predicted octanol–water partition coefficient (Wildman–Crippen LogP) is 7.51. The average Bonchev–Trinajstić information content (AvgIpc) is 3.38. The van der Waals surface area contributed by atoms with Crippen molar-refractivity contribution in [2.45, 2.75) is 6.61 Å². The van der Waals surface area contributed by atoms with Gasteiger partial charge in [-0.05, 0) is 35.4 Å². The SMILES string of the molecule is N#Cc1c(NC(=O)COC(=O)c2ccccc2OCc2ccc(Cl)cc2)oc(-c2ccccc2)c1-c1ccccc1. The van der Waals surface area contributed by atoms with Crippen LogP contribution in [0, 0.1) is 11.3 Å². The molecule has 1 N–H and O–H groups in total. The molecule has 5 rings (SSSR count). The van der Waals surface area contributed by atoms with E-state index < -0.39 is 18.5 Å². The number of nitrogens with one attached hydrogen (secondary N) is 1. The van der Waals surface area contributed by atoms with Crippen LogP contribution in [0.3, 0.4) is 0 Å². The summed E-state index contributed by atoms with van der Waals surface area (Å²) >= 11 is 5.93. The van der Waals surface area contributed by atoms with E-state index in [-0.39, 0.29) is 23.6 Å². The second-order valence-electron chi connectivity index (χ2n) is 8.89. The highest BCUT2D eigenvalue weighted by Crippen LogP contribution is 2.41. The lowest BCUT2D eigenvalue weighted by Gasteiger charge is -2.11. The maximum Gasteiger partial charge on any atom is 0.342 e. The number of rotatable bonds is 9. The molecule has 0 fully saturated rings. The van der Waals surface area contributed by atoms with Crippen LogP contribution in [-0.2, 0) is 16.1 Å². The van der Waals surface area contributed by atoms with E-state index in [1.807, 2.05) is 72.8 Å². The van der Waals surface area contributed by atoms with Crippen molar-refractivity contribution in [1.29, 1.82) is 5.26 Å². The van der Waals surface area contributed by atoms with Gasteiger partial charge < -0.3 is 13.9 Å². The minimum Gasteiger partial charge on any atom is -0.488 e. The van der Waals surface area contributed by atoms with Crippen LogP contribution in [0.25, 0.3) is 22.5 Å². The molecule has 8 heteroatoms. The van der Waals surface area contributed by atoms with Crippen LogP contribution in [0.5, 0.6) is 5.75 Å². The number of hydrogen-bond acceptors (Lipinski definition) is 6. The van der Waals surface area contributed by atoms with Crippen LogP contribution in [0.15, 0.2) is 114 Å². The smallest absolute Gasteiger partial charge is 0.342 e. The Kier molecular flexibility index (Phi) is 8.43. The second kappa shape index (κ2) is 12.7. The van der Waals surface area contributed by atoms with Gasteiger partial charge in [0.1, 0.15) is 35.3 Å². The van der Waals surface area contributed by atoms with Crippen molar-refractivity contribution in [3.63, 3.8) is 0 Å². The zero-order valence-electron chi connectivity index (χ0n) is 21.7. The third-order valence-electron chi connectivity index (χ3n) is 6.12. The number of para-hydroxylation sites is 1. The highest BCUT2D eigenvalue weighted by atomic mass is 35.5. The minimum absolute atomic E-state index is 0.0297. The average molecular weight is 563 g/mol. The van der Waals surface area contributed by atoms with Crippen LogP contribution < -0.4 is 10.1 Å². The van der Waals surface area contributed by atoms with Gasteiger partial charge in [-0.3, -0.25) is 10.1 Å². The molecule has 0 aliphatic rings. The molecule has 41 heavy (non-hydrogen) atoms. The largest absolute Gasteiger partial charge is 0.488 e. The number of nitriles is 1. The van der Waals surface area contributed by atoms with Crippen molar-refractivity contribution < 1.29 is 23.5 Å². The summed E-state index contributed by atoms with van der Waals surface area (Å²) in [6, 6.07) is 34.5. The fourth-order valence-corrected chi connectivity index (χ4v) is 4.30. The normalized spacial score (nSPS) is 10.4. The summed E-state index contributed by atoms with van der Waals surface area (Å²) < 4.78 is 17.1. The number of nitrogens with zero attached hydrogens (tertiary/aromatic N) is 1. The summed E-state index contributed by atoms with van der Waals surface area (Å²) in [5.41, 5.74) is 3.25. The molecule has 5 aromatic rings. The molecular weight excluding hydrogens is 540 g/mol. The van der Waals surface area contributed by atoms with Crippen molar-refractivity contribution in [2.24, 2.45) is 0 Å². The standard InChI is InChI=1S/C33H23ClN2O5/c34-25-17-15-22(16-18-25)20-39-28-14-8-7-13-26(28)33(38)40-21-29(37)36-32-27(19-35)30(23-9-3-1-4-10-23)31(41-32)24-11-5-2-6-12-24/h1-18H,20-21H2,(H,36,37). The third-order valence-corrected chi connectivity index (χ3v) is 6.37. The van der Waals surface area contributed by atoms with E-state index in [4.69, 9.17) is 25.5 Å². The summed E-state index contributed by atoms with van der Waals surface area (Å²) in [4.78, 5) is 25.7. The molecule has 1 amide bonds. The maximum atomic E-state index is 12.9. The number of hydrogen-bond donors (Lipinski definition) is 1. The first kappa shape index (κ1) is 27.3.